The van der Waals surface area contributed by atoms with E-state index in [9.17, 15) is 17.6 Å². The Morgan fingerprint density at radius 3 is 2.11 bits per heavy atom. The van der Waals surface area contributed by atoms with Crippen molar-refractivity contribution >= 4 is 12.0 Å². The standard InChI is InChI=1S/C26H23F4NO4S.C2H6/c1-32-16-4-5-17-13(8-16)6-7-31-12-15-11-19(33-2)20(10-14(15)9-18(17)31)35-36-26-23(29)21(27)25(34-3)22(28)24(26)30;1-2/h4-5,8,10-11,18H,6-7,9,12H2,1-3H3;1-2H3. The van der Waals surface area contributed by atoms with Crippen LogP contribution in [0.15, 0.2) is 35.2 Å². The number of ether oxygens (including phenoxy) is 3. The van der Waals surface area contributed by atoms with Gasteiger partial charge >= 0.3 is 0 Å². The Kier molecular flexibility index (Phi) is 8.62. The van der Waals surface area contributed by atoms with E-state index in [1.165, 1.54) is 18.2 Å². The van der Waals surface area contributed by atoms with Crippen molar-refractivity contribution < 1.29 is 36.0 Å². The van der Waals surface area contributed by atoms with Crippen LogP contribution in [-0.2, 0) is 19.4 Å². The van der Waals surface area contributed by atoms with Crippen LogP contribution >= 0.6 is 12.0 Å². The molecule has 0 saturated heterocycles. The summed E-state index contributed by atoms with van der Waals surface area (Å²) in [7, 11) is 4.01. The summed E-state index contributed by atoms with van der Waals surface area (Å²) in [5.41, 5.74) is 4.52. The lowest BCUT2D eigenvalue weighted by Crippen LogP contribution is -2.39. The van der Waals surface area contributed by atoms with Crippen LogP contribution in [-0.4, -0.2) is 32.8 Å². The minimum Gasteiger partial charge on any atom is -0.497 e. The van der Waals surface area contributed by atoms with Gasteiger partial charge < -0.3 is 18.4 Å². The first-order valence-corrected chi connectivity index (χ1v) is 13.0. The first-order valence-electron chi connectivity index (χ1n) is 12.2. The fourth-order valence-corrected chi connectivity index (χ4v) is 5.49. The Balaban J connectivity index is 0.00000164. The van der Waals surface area contributed by atoms with Crippen molar-refractivity contribution in [2.45, 2.75) is 44.2 Å². The van der Waals surface area contributed by atoms with Crippen molar-refractivity contribution in [1.29, 1.82) is 0 Å². The summed E-state index contributed by atoms with van der Waals surface area (Å²) in [6.07, 6.45) is 1.60. The molecule has 204 valence electrons. The van der Waals surface area contributed by atoms with Gasteiger partial charge in [-0.2, -0.15) is 8.78 Å². The Morgan fingerprint density at radius 2 is 1.47 bits per heavy atom. The van der Waals surface area contributed by atoms with E-state index in [-0.39, 0.29) is 23.8 Å². The molecule has 0 aliphatic carbocycles. The van der Waals surface area contributed by atoms with Crippen LogP contribution in [0.25, 0.3) is 0 Å². The molecule has 0 radical (unpaired) electrons. The van der Waals surface area contributed by atoms with Crippen molar-refractivity contribution in [2.75, 3.05) is 27.9 Å². The van der Waals surface area contributed by atoms with Crippen LogP contribution < -0.4 is 18.4 Å². The molecule has 0 spiro atoms. The fraction of sp³-hybridized carbons (Fsp3) is 0.357. The number of rotatable bonds is 6. The predicted molar refractivity (Wildman–Crippen MR) is 137 cm³/mol. The van der Waals surface area contributed by atoms with Crippen molar-refractivity contribution in [2.24, 2.45) is 0 Å². The van der Waals surface area contributed by atoms with Gasteiger partial charge in [-0.1, -0.05) is 19.9 Å². The number of nitrogens with zero attached hydrogens (tertiary/aromatic N) is 1. The average molecular weight is 552 g/mol. The van der Waals surface area contributed by atoms with E-state index in [0.29, 0.717) is 18.7 Å². The maximum Gasteiger partial charge on any atom is 0.205 e. The molecule has 3 aromatic carbocycles. The zero-order chi connectivity index (χ0) is 27.6. The topological polar surface area (TPSA) is 40.2 Å². The lowest BCUT2D eigenvalue weighted by Gasteiger charge is -2.41. The lowest BCUT2D eigenvalue weighted by atomic mass is 9.84. The van der Waals surface area contributed by atoms with Crippen molar-refractivity contribution in [1.82, 2.24) is 4.90 Å². The zero-order valence-electron chi connectivity index (χ0n) is 21.8. The summed E-state index contributed by atoms with van der Waals surface area (Å²) in [4.78, 5) is 1.45. The monoisotopic (exact) mass is 551 g/mol. The largest absolute Gasteiger partial charge is 0.497 e. The maximum atomic E-state index is 14.4. The highest BCUT2D eigenvalue weighted by atomic mass is 32.2. The van der Waals surface area contributed by atoms with Gasteiger partial charge in [0, 0.05) is 19.1 Å². The Bertz CT molecular complexity index is 1310. The molecule has 2 heterocycles. The molecule has 10 heteroatoms. The fourth-order valence-electron chi connectivity index (χ4n) is 4.86. The second-order valence-electron chi connectivity index (χ2n) is 8.56. The van der Waals surface area contributed by atoms with Gasteiger partial charge in [0.2, 0.25) is 11.6 Å². The van der Waals surface area contributed by atoms with Gasteiger partial charge in [-0.05, 0) is 59.4 Å². The molecule has 2 aliphatic heterocycles. The molecule has 0 aromatic heterocycles. The number of fused-ring (bicyclic) bond motifs is 4. The third-order valence-electron chi connectivity index (χ3n) is 6.69. The van der Waals surface area contributed by atoms with Crippen LogP contribution in [0.4, 0.5) is 17.6 Å². The maximum absolute atomic E-state index is 14.4. The molecule has 2 aliphatic rings. The molecule has 0 amide bonds. The summed E-state index contributed by atoms with van der Waals surface area (Å²) < 4.78 is 77.9. The highest BCUT2D eigenvalue weighted by Gasteiger charge is 2.33. The van der Waals surface area contributed by atoms with Crippen molar-refractivity contribution in [3.8, 4) is 23.0 Å². The molecule has 5 nitrogen and oxygen atoms in total. The third-order valence-corrected chi connectivity index (χ3v) is 7.48. The number of halogens is 4. The van der Waals surface area contributed by atoms with Crippen LogP contribution in [0, 0.1) is 23.3 Å². The van der Waals surface area contributed by atoms with Gasteiger partial charge in [-0.15, -0.1) is 0 Å². The van der Waals surface area contributed by atoms with E-state index < -0.39 is 33.9 Å². The summed E-state index contributed by atoms with van der Waals surface area (Å²) in [6.45, 7) is 5.60. The van der Waals surface area contributed by atoms with Gasteiger partial charge in [-0.25, -0.2) is 8.78 Å². The number of benzene rings is 3. The molecule has 1 unspecified atom stereocenters. The molecule has 3 aromatic rings. The van der Waals surface area contributed by atoms with Gasteiger partial charge in [0.05, 0.1) is 33.4 Å². The Labute approximate surface area is 223 Å². The summed E-state index contributed by atoms with van der Waals surface area (Å²) >= 11 is 0.180. The Hall–Kier alpha value is -3.11. The number of hydrogen-bond acceptors (Lipinski definition) is 6. The molecule has 38 heavy (non-hydrogen) atoms. The average Bonchev–Trinajstić information content (AvgIpc) is 2.95. The molecule has 0 fully saturated rings. The van der Waals surface area contributed by atoms with Crippen LogP contribution in [0.1, 0.15) is 42.1 Å². The van der Waals surface area contributed by atoms with Gasteiger partial charge in [0.15, 0.2) is 28.9 Å². The number of hydrogen-bond donors (Lipinski definition) is 0. The van der Waals surface area contributed by atoms with E-state index in [0.717, 1.165) is 37.0 Å². The van der Waals surface area contributed by atoms with Crippen LogP contribution in [0.3, 0.4) is 0 Å². The van der Waals surface area contributed by atoms with Crippen LogP contribution in [0.2, 0.25) is 0 Å². The summed E-state index contributed by atoms with van der Waals surface area (Å²) in [5, 5.41) is 0. The Morgan fingerprint density at radius 1 is 0.789 bits per heavy atom. The molecular formula is C28H29F4NO4S. The van der Waals surface area contributed by atoms with E-state index in [1.807, 2.05) is 26.0 Å². The minimum atomic E-state index is -1.63. The first-order chi connectivity index (χ1) is 18.4. The highest BCUT2D eigenvalue weighted by molar-refractivity contribution is 7.95. The van der Waals surface area contributed by atoms with E-state index in [1.54, 1.807) is 13.2 Å². The van der Waals surface area contributed by atoms with Gasteiger partial charge in [0.25, 0.3) is 0 Å². The second kappa shape index (κ2) is 11.7. The quantitative estimate of drug-likeness (QED) is 0.186. The third kappa shape index (κ3) is 4.99. The van der Waals surface area contributed by atoms with Crippen LogP contribution in [0.5, 0.6) is 23.0 Å². The SMILES string of the molecule is CC.COc1ccc2c(c1)CCN1Cc3cc(OC)c(OSc4c(F)c(F)c(OC)c(F)c4F)cc3CC21. The zero-order valence-corrected chi connectivity index (χ0v) is 22.6. The van der Waals surface area contributed by atoms with Crippen molar-refractivity contribution in [3.63, 3.8) is 0 Å². The summed E-state index contributed by atoms with van der Waals surface area (Å²) in [6, 6.07) is 9.84. The van der Waals surface area contributed by atoms with Gasteiger partial charge in [-0.3, -0.25) is 4.90 Å². The molecule has 1 atom stereocenters. The molecule has 0 bridgehead atoms. The minimum absolute atomic E-state index is 0.153. The normalized spacial score (nSPS) is 15.9. The van der Waals surface area contributed by atoms with Gasteiger partial charge in [0.1, 0.15) is 10.6 Å². The summed E-state index contributed by atoms with van der Waals surface area (Å²) in [5.74, 6) is -6.24. The van der Waals surface area contributed by atoms with Crippen molar-refractivity contribution in [3.05, 3.63) is 75.9 Å². The molecule has 5 rings (SSSR count). The lowest BCUT2D eigenvalue weighted by molar-refractivity contribution is 0.160. The second-order valence-corrected chi connectivity index (χ2v) is 9.30. The molecule has 0 N–H and O–H groups in total. The molecule has 0 saturated carbocycles. The van der Waals surface area contributed by atoms with E-state index in [2.05, 4.69) is 21.8 Å². The highest BCUT2D eigenvalue weighted by Crippen LogP contribution is 2.44. The van der Waals surface area contributed by atoms with E-state index in [4.69, 9.17) is 13.7 Å². The smallest absolute Gasteiger partial charge is 0.205 e. The first kappa shape index (κ1) is 27.9. The number of methoxy groups -OCH3 is 3. The predicted octanol–water partition coefficient (Wildman–Crippen LogP) is 7.04. The molecular weight excluding hydrogens is 522 g/mol. The van der Waals surface area contributed by atoms with E-state index >= 15 is 0 Å².